The molecule has 1 unspecified atom stereocenters. The fourth-order valence-electron chi connectivity index (χ4n) is 4.08. The summed E-state index contributed by atoms with van der Waals surface area (Å²) in [6.07, 6.45) is -21.3. The van der Waals surface area contributed by atoms with Gasteiger partial charge >= 0.3 is 59.8 Å². The van der Waals surface area contributed by atoms with Crippen LogP contribution in [-0.4, -0.2) is 116 Å². The van der Waals surface area contributed by atoms with Crippen molar-refractivity contribution in [3.8, 4) is 0 Å². The molecule has 0 rings (SSSR count). The number of esters is 2. The van der Waals surface area contributed by atoms with E-state index in [1.807, 2.05) is 21.1 Å². The second kappa shape index (κ2) is 19.2. The maximum atomic E-state index is 13.6. The van der Waals surface area contributed by atoms with E-state index in [1.165, 1.54) is 0 Å². The number of unbranched alkanes of at least 4 members (excludes halogenated alkanes) is 6. The molecule has 0 radical (unpaired) electrons. The summed E-state index contributed by atoms with van der Waals surface area (Å²) in [6.45, 7) is -0.291. The van der Waals surface area contributed by atoms with E-state index in [9.17, 15) is 88.6 Å². The number of nitrogens with zero attached hydrogens (tertiary/aromatic N) is 1. The first-order valence-electron chi connectivity index (χ1n) is 15.7. The maximum absolute atomic E-state index is 13.6. The Bertz CT molecular complexity index is 1140. The number of carbonyl (C=O) groups is 2. The first-order valence-corrected chi connectivity index (χ1v) is 16.8. The standard InChI is InChI=1S/C29H40F18NO4S/c1-48(2,3)14-17-53-19(21(50)52-16-11-7-5-9-13-23(32,33)25(36,37)27(40,41)29(45,46)47)18-20(49)51-15-10-6-4-8-12-22(30,31)24(34,35)26(38,39)28(42,43)44/h19H,4-18H2,1-3H3/q+1. The Hall–Kier alpha value is -2.01. The molecule has 24 heteroatoms. The molecule has 0 aromatic rings. The summed E-state index contributed by atoms with van der Waals surface area (Å²) in [5.74, 6) is -40.4. The van der Waals surface area contributed by atoms with Crippen LogP contribution >= 0.6 is 11.8 Å². The van der Waals surface area contributed by atoms with Crippen LogP contribution in [0.2, 0.25) is 0 Å². The van der Waals surface area contributed by atoms with E-state index in [-0.39, 0.29) is 45.1 Å². The normalized spacial score (nSPS) is 15.0. The van der Waals surface area contributed by atoms with E-state index in [0.717, 1.165) is 11.8 Å². The Morgan fingerprint density at radius 1 is 0.528 bits per heavy atom. The third-order valence-corrected chi connectivity index (χ3v) is 8.57. The molecular formula is C29H40F18NO4S+. The topological polar surface area (TPSA) is 52.6 Å². The number of hydrogen-bond acceptors (Lipinski definition) is 5. The zero-order valence-corrected chi connectivity index (χ0v) is 29.3. The van der Waals surface area contributed by atoms with Crippen LogP contribution in [0.1, 0.15) is 70.6 Å². The van der Waals surface area contributed by atoms with Crippen molar-refractivity contribution in [2.24, 2.45) is 0 Å². The zero-order chi connectivity index (χ0) is 42.0. The number of rotatable bonds is 25. The summed E-state index contributed by atoms with van der Waals surface area (Å²) in [4.78, 5) is 25.0. The van der Waals surface area contributed by atoms with Gasteiger partial charge in [-0.2, -0.15) is 79.0 Å². The zero-order valence-electron chi connectivity index (χ0n) is 28.5. The number of alkyl halides is 18. The lowest BCUT2D eigenvalue weighted by Crippen LogP contribution is -2.60. The molecule has 0 N–H and O–H groups in total. The number of ether oxygens (including phenoxy) is 2. The predicted octanol–water partition coefficient (Wildman–Crippen LogP) is 10.1. The van der Waals surface area contributed by atoms with Gasteiger partial charge in [-0.05, 0) is 25.7 Å². The molecule has 316 valence electrons. The maximum Gasteiger partial charge on any atom is 0.460 e. The van der Waals surface area contributed by atoms with Crippen molar-refractivity contribution in [3.05, 3.63) is 0 Å². The van der Waals surface area contributed by atoms with Crippen LogP contribution in [0.5, 0.6) is 0 Å². The average Bonchev–Trinajstić information content (AvgIpc) is 2.97. The molecule has 0 bridgehead atoms. The van der Waals surface area contributed by atoms with Crippen LogP contribution in [0, 0.1) is 0 Å². The third-order valence-electron chi connectivity index (χ3n) is 7.39. The molecule has 5 nitrogen and oxygen atoms in total. The monoisotopic (exact) mass is 840 g/mol. The molecule has 0 amide bonds. The lowest BCUT2D eigenvalue weighted by molar-refractivity contribution is -0.867. The average molecular weight is 841 g/mol. The molecule has 0 aliphatic heterocycles. The summed E-state index contributed by atoms with van der Waals surface area (Å²) in [5, 5.41) is -1.16. The van der Waals surface area contributed by atoms with Crippen LogP contribution in [0.25, 0.3) is 0 Å². The van der Waals surface area contributed by atoms with Crippen LogP contribution in [0.3, 0.4) is 0 Å². The van der Waals surface area contributed by atoms with Gasteiger partial charge in [0.1, 0.15) is 5.25 Å². The summed E-state index contributed by atoms with van der Waals surface area (Å²) < 4.78 is 243. The molecule has 0 saturated carbocycles. The molecule has 0 fully saturated rings. The van der Waals surface area contributed by atoms with Crippen LogP contribution in [0.15, 0.2) is 0 Å². The van der Waals surface area contributed by atoms with Crippen molar-refractivity contribution in [1.29, 1.82) is 0 Å². The Morgan fingerprint density at radius 3 is 1.25 bits per heavy atom. The van der Waals surface area contributed by atoms with Crippen molar-refractivity contribution >= 4 is 23.7 Å². The summed E-state index contributed by atoms with van der Waals surface area (Å²) in [5.41, 5.74) is 0. The molecule has 0 aliphatic rings. The number of carbonyl (C=O) groups excluding carboxylic acids is 2. The second-order valence-electron chi connectivity index (χ2n) is 13.0. The Morgan fingerprint density at radius 2 is 0.887 bits per heavy atom. The van der Waals surface area contributed by atoms with E-state index in [4.69, 9.17) is 9.47 Å². The minimum absolute atomic E-state index is 0.0789. The van der Waals surface area contributed by atoms with Gasteiger partial charge in [-0.1, -0.05) is 25.7 Å². The molecule has 0 aromatic heterocycles. The van der Waals surface area contributed by atoms with Crippen LogP contribution < -0.4 is 0 Å². The van der Waals surface area contributed by atoms with Gasteiger partial charge in [0.2, 0.25) is 0 Å². The second-order valence-corrected chi connectivity index (χ2v) is 14.3. The van der Waals surface area contributed by atoms with Gasteiger partial charge in [-0.25, -0.2) is 0 Å². The molecule has 0 aliphatic carbocycles. The Labute approximate surface area is 297 Å². The highest BCUT2D eigenvalue weighted by molar-refractivity contribution is 8.00. The third kappa shape index (κ3) is 14.5. The lowest BCUT2D eigenvalue weighted by atomic mass is 9.98. The Kier molecular flexibility index (Phi) is 18.5. The number of hydrogen-bond donors (Lipinski definition) is 0. The SMILES string of the molecule is C[N+](C)(C)CCSC(CC(=O)OCCCCCCC(F)(F)C(F)(F)C(F)(F)C(F)(F)F)C(=O)OCCCCCCC(F)(F)C(F)(F)C(F)(F)C(F)(F)F. The van der Waals surface area contributed by atoms with Gasteiger partial charge in [0, 0.05) is 18.6 Å². The first kappa shape index (κ1) is 51.0. The summed E-state index contributed by atoms with van der Waals surface area (Å²) in [6, 6.07) is 0. The minimum atomic E-state index is -6.99. The molecule has 0 saturated heterocycles. The van der Waals surface area contributed by atoms with Gasteiger partial charge in [0.15, 0.2) is 0 Å². The fraction of sp³-hybridized carbons (Fsp3) is 0.931. The molecule has 0 aromatic carbocycles. The fourth-order valence-corrected chi connectivity index (χ4v) is 5.47. The molecule has 53 heavy (non-hydrogen) atoms. The lowest BCUT2D eigenvalue weighted by Gasteiger charge is -2.33. The van der Waals surface area contributed by atoms with Crippen molar-refractivity contribution in [2.45, 2.75) is 124 Å². The van der Waals surface area contributed by atoms with Crippen LogP contribution in [0.4, 0.5) is 79.0 Å². The predicted molar refractivity (Wildman–Crippen MR) is 154 cm³/mol. The smallest absolute Gasteiger partial charge is 0.460 e. The van der Waals surface area contributed by atoms with E-state index >= 15 is 0 Å². The Balaban J connectivity index is 4.84. The van der Waals surface area contributed by atoms with E-state index in [0.29, 0.717) is 16.8 Å². The highest BCUT2D eigenvalue weighted by Gasteiger charge is 2.82. The van der Waals surface area contributed by atoms with Gasteiger partial charge < -0.3 is 14.0 Å². The van der Waals surface area contributed by atoms with Gasteiger partial charge in [0.25, 0.3) is 0 Å². The van der Waals surface area contributed by atoms with Crippen molar-refractivity contribution < 1.29 is 103 Å². The number of quaternary nitrogens is 1. The molecule has 1 atom stereocenters. The van der Waals surface area contributed by atoms with Gasteiger partial charge in [0.05, 0.1) is 47.3 Å². The largest absolute Gasteiger partial charge is 0.466 e. The van der Waals surface area contributed by atoms with E-state index in [1.54, 1.807) is 0 Å². The highest BCUT2D eigenvalue weighted by atomic mass is 32.2. The van der Waals surface area contributed by atoms with Gasteiger partial charge in [-0.3, -0.25) is 9.59 Å². The van der Waals surface area contributed by atoms with E-state index < -0.39 is 104 Å². The molecule has 0 spiro atoms. The van der Waals surface area contributed by atoms with E-state index in [2.05, 4.69) is 0 Å². The quantitative estimate of drug-likeness (QED) is 0.0397. The van der Waals surface area contributed by atoms with Crippen molar-refractivity contribution in [3.63, 3.8) is 0 Å². The van der Waals surface area contributed by atoms with Crippen molar-refractivity contribution in [2.75, 3.05) is 46.7 Å². The van der Waals surface area contributed by atoms with Gasteiger partial charge in [-0.15, -0.1) is 11.8 Å². The molecular weight excluding hydrogens is 800 g/mol. The van der Waals surface area contributed by atoms with Crippen molar-refractivity contribution in [1.82, 2.24) is 0 Å². The highest BCUT2D eigenvalue weighted by Crippen LogP contribution is 2.55. The number of thioether (sulfide) groups is 1. The summed E-state index contributed by atoms with van der Waals surface area (Å²) >= 11 is 0.980. The minimum Gasteiger partial charge on any atom is -0.466 e. The summed E-state index contributed by atoms with van der Waals surface area (Å²) in [7, 11) is 5.43. The van der Waals surface area contributed by atoms with Crippen LogP contribution in [-0.2, 0) is 19.1 Å². The molecule has 0 heterocycles. The number of halogens is 18. The first-order chi connectivity index (χ1) is 23.6.